The number of thioether (sulfide) groups is 1. The molecule has 2 aromatic rings. The summed E-state index contributed by atoms with van der Waals surface area (Å²) in [4.78, 5) is 13.8. The van der Waals surface area contributed by atoms with E-state index in [9.17, 15) is 18.0 Å². The summed E-state index contributed by atoms with van der Waals surface area (Å²) in [7, 11) is 1.57. The van der Waals surface area contributed by atoms with Crippen molar-refractivity contribution in [2.24, 2.45) is 0 Å². The van der Waals surface area contributed by atoms with E-state index < -0.39 is 11.7 Å². The molecule has 0 aromatic heterocycles. The standard InChI is InChI=1S/C17H14F3NO2S/c1-23-14-8-2-11(3-9-14)16-21(15(22)10-24-16)13-6-4-12(5-7-13)17(18,19)20/h2-9,16H,10H2,1H3. The van der Waals surface area contributed by atoms with Gasteiger partial charge in [0.1, 0.15) is 11.1 Å². The zero-order chi connectivity index (χ0) is 17.3. The second-order valence-electron chi connectivity index (χ2n) is 5.24. The Hall–Kier alpha value is -2.15. The number of ether oxygens (including phenoxy) is 1. The quantitative estimate of drug-likeness (QED) is 0.814. The van der Waals surface area contributed by atoms with Crippen molar-refractivity contribution in [1.82, 2.24) is 0 Å². The van der Waals surface area contributed by atoms with Crippen molar-refractivity contribution in [1.29, 1.82) is 0 Å². The van der Waals surface area contributed by atoms with Crippen molar-refractivity contribution < 1.29 is 22.7 Å². The number of hydrogen-bond acceptors (Lipinski definition) is 3. The number of halogens is 3. The first-order valence-electron chi connectivity index (χ1n) is 7.15. The Morgan fingerprint density at radius 3 is 2.25 bits per heavy atom. The summed E-state index contributed by atoms with van der Waals surface area (Å²) >= 11 is 1.44. The highest BCUT2D eigenvalue weighted by molar-refractivity contribution is 8.00. The number of anilines is 1. The number of alkyl halides is 3. The van der Waals surface area contributed by atoms with Gasteiger partial charge < -0.3 is 4.74 Å². The van der Waals surface area contributed by atoms with Crippen LogP contribution in [0.5, 0.6) is 5.75 Å². The first kappa shape index (κ1) is 16.7. The molecule has 0 N–H and O–H groups in total. The highest BCUT2D eigenvalue weighted by atomic mass is 32.2. The van der Waals surface area contributed by atoms with E-state index in [-0.39, 0.29) is 17.0 Å². The molecule has 2 aromatic carbocycles. The van der Waals surface area contributed by atoms with Gasteiger partial charge in [0.05, 0.1) is 18.4 Å². The number of methoxy groups -OCH3 is 1. The zero-order valence-corrected chi connectivity index (χ0v) is 13.5. The molecule has 0 bridgehead atoms. The van der Waals surface area contributed by atoms with Crippen LogP contribution in [0.3, 0.4) is 0 Å². The molecule has 0 spiro atoms. The highest BCUT2D eigenvalue weighted by Gasteiger charge is 2.35. The summed E-state index contributed by atoms with van der Waals surface area (Å²) in [5.41, 5.74) is 0.622. The predicted octanol–water partition coefficient (Wildman–Crippen LogP) is 4.49. The van der Waals surface area contributed by atoms with Gasteiger partial charge in [0, 0.05) is 5.69 Å². The summed E-state index contributed by atoms with van der Waals surface area (Å²) in [6.45, 7) is 0. The third-order valence-electron chi connectivity index (χ3n) is 3.74. The van der Waals surface area contributed by atoms with Crippen LogP contribution in [0.4, 0.5) is 18.9 Å². The number of carbonyl (C=O) groups excluding carboxylic acids is 1. The molecule has 126 valence electrons. The lowest BCUT2D eigenvalue weighted by molar-refractivity contribution is -0.137. The molecule has 1 unspecified atom stereocenters. The van der Waals surface area contributed by atoms with Gasteiger partial charge in [-0.2, -0.15) is 13.2 Å². The van der Waals surface area contributed by atoms with E-state index >= 15 is 0 Å². The number of hydrogen-bond donors (Lipinski definition) is 0. The Kier molecular flexibility index (Phi) is 4.45. The number of benzene rings is 2. The monoisotopic (exact) mass is 353 g/mol. The van der Waals surface area contributed by atoms with E-state index in [0.717, 1.165) is 17.7 Å². The van der Waals surface area contributed by atoms with Crippen LogP contribution in [-0.4, -0.2) is 18.8 Å². The number of rotatable bonds is 3. The number of carbonyl (C=O) groups is 1. The Labute approximate surface area is 141 Å². The molecule has 3 rings (SSSR count). The fraction of sp³-hybridized carbons (Fsp3) is 0.235. The molecule has 1 fully saturated rings. The molecule has 0 radical (unpaired) electrons. The first-order chi connectivity index (χ1) is 11.4. The normalized spacial score (nSPS) is 18.1. The highest BCUT2D eigenvalue weighted by Crippen LogP contribution is 2.42. The number of amides is 1. The fourth-order valence-corrected chi connectivity index (χ4v) is 3.71. The predicted molar refractivity (Wildman–Crippen MR) is 87.1 cm³/mol. The van der Waals surface area contributed by atoms with Gasteiger partial charge in [-0.05, 0) is 42.0 Å². The molecule has 0 saturated carbocycles. The van der Waals surface area contributed by atoms with Crippen LogP contribution in [0, 0.1) is 0 Å². The molecule has 1 amide bonds. The van der Waals surface area contributed by atoms with Crippen molar-refractivity contribution in [3.05, 3.63) is 59.7 Å². The Morgan fingerprint density at radius 1 is 1.08 bits per heavy atom. The summed E-state index contributed by atoms with van der Waals surface area (Å²) < 4.78 is 43.2. The van der Waals surface area contributed by atoms with E-state index in [4.69, 9.17) is 4.74 Å². The number of nitrogens with zero attached hydrogens (tertiary/aromatic N) is 1. The van der Waals surface area contributed by atoms with Gasteiger partial charge in [-0.25, -0.2) is 0 Å². The lowest BCUT2D eigenvalue weighted by Crippen LogP contribution is -2.27. The second kappa shape index (κ2) is 6.39. The van der Waals surface area contributed by atoms with Crippen LogP contribution in [0.2, 0.25) is 0 Å². The first-order valence-corrected chi connectivity index (χ1v) is 8.20. The lowest BCUT2D eigenvalue weighted by atomic mass is 10.1. The average Bonchev–Trinajstić information content (AvgIpc) is 2.96. The molecular formula is C17H14F3NO2S. The van der Waals surface area contributed by atoms with Crippen molar-refractivity contribution in [2.75, 3.05) is 17.8 Å². The molecule has 1 saturated heterocycles. The summed E-state index contributed by atoms with van der Waals surface area (Å²) in [5.74, 6) is 0.868. The third-order valence-corrected chi connectivity index (χ3v) is 4.95. The van der Waals surface area contributed by atoms with E-state index in [2.05, 4.69) is 0 Å². The van der Waals surface area contributed by atoms with Crippen molar-refractivity contribution in [3.8, 4) is 5.75 Å². The van der Waals surface area contributed by atoms with E-state index in [0.29, 0.717) is 11.4 Å². The minimum absolute atomic E-state index is 0.124. The van der Waals surface area contributed by atoms with E-state index in [1.54, 1.807) is 19.2 Å². The molecule has 1 atom stereocenters. The fourth-order valence-electron chi connectivity index (χ4n) is 2.53. The SMILES string of the molecule is COc1ccc(C2SCC(=O)N2c2ccc(C(F)(F)F)cc2)cc1. The minimum Gasteiger partial charge on any atom is -0.497 e. The molecule has 0 aliphatic carbocycles. The second-order valence-corrected chi connectivity index (χ2v) is 6.31. The van der Waals surface area contributed by atoms with Crippen molar-refractivity contribution in [3.63, 3.8) is 0 Å². The van der Waals surface area contributed by atoms with Crippen molar-refractivity contribution >= 4 is 23.4 Å². The molecule has 1 heterocycles. The summed E-state index contributed by atoms with van der Waals surface area (Å²) in [6.07, 6.45) is -4.39. The van der Waals surface area contributed by atoms with Crippen LogP contribution < -0.4 is 9.64 Å². The molecular weight excluding hydrogens is 339 g/mol. The average molecular weight is 353 g/mol. The van der Waals surface area contributed by atoms with Crippen LogP contribution in [-0.2, 0) is 11.0 Å². The van der Waals surface area contributed by atoms with Gasteiger partial charge in [-0.1, -0.05) is 12.1 Å². The molecule has 7 heteroatoms. The van der Waals surface area contributed by atoms with Crippen LogP contribution in [0.15, 0.2) is 48.5 Å². The van der Waals surface area contributed by atoms with Gasteiger partial charge in [-0.3, -0.25) is 9.69 Å². The Morgan fingerprint density at radius 2 is 1.71 bits per heavy atom. The topological polar surface area (TPSA) is 29.5 Å². The van der Waals surface area contributed by atoms with Gasteiger partial charge >= 0.3 is 6.18 Å². The van der Waals surface area contributed by atoms with Gasteiger partial charge in [-0.15, -0.1) is 11.8 Å². The Balaban J connectivity index is 1.90. The van der Waals surface area contributed by atoms with Crippen LogP contribution in [0.1, 0.15) is 16.5 Å². The molecule has 1 aliphatic rings. The maximum atomic E-state index is 12.7. The maximum absolute atomic E-state index is 12.7. The minimum atomic E-state index is -4.39. The van der Waals surface area contributed by atoms with Crippen LogP contribution >= 0.6 is 11.8 Å². The van der Waals surface area contributed by atoms with Gasteiger partial charge in [0.15, 0.2) is 0 Å². The lowest BCUT2D eigenvalue weighted by Gasteiger charge is -2.24. The molecule has 3 nitrogen and oxygen atoms in total. The van der Waals surface area contributed by atoms with Crippen LogP contribution in [0.25, 0.3) is 0 Å². The summed E-state index contributed by atoms with van der Waals surface area (Å²) in [6, 6.07) is 12.0. The maximum Gasteiger partial charge on any atom is 0.416 e. The smallest absolute Gasteiger partial charge is 0.416 e. The largest absolute Gasteiger partial charge is 0.497 e. The Bertz CT molecular complexity index is 729. The molecule has 24 heavy (non-hydrogen) atoms. The zero-order valence-electron chi connectivity index (χ0n) is 12.7. The van der Waals surface area contributed by atoms with Crippen molar-refractivity contribution in [2.45, 2.75) is 11.6 Å². The van der Waals surface area contributed by atoms with E-state index in [1.165, 1.54) is 28.8 Å². The third kappa shape index (κ3) is 3.21. The summed E-state index contributed by atoms with van der Waals surface area (Å²) in [5, 5.41) is -0.264. The van der Waals surface area contributed by atoms with Gasteiger partial charge in [0.2, 0.25) is 5.91 Å². The molecule has 1 aliphatic heterocycles. The van der Waals surface area contributed by atoms with Gasteiger partial charge in [0.25, 0.3) is 0 Å². The van der Waals surface area contributed by atoms with E-state index in [1.807, 2.05) is 12.1 Å².